The molecule has 0 radical (unpaired) electrons. The van der Waals surface area contributed by atoms with Gasteiger partial charge in [0.2, 0.25) is 11.8 Å². The second kappa shape index (κ2) is 7.11. The quantitative estimate of drug-likeness (QED) is 0.830. The number of hydrogen-bond donors (Lipinski definition) is 1. The molecular weight excluding hydrogens is 356 g/mol. The summed E-state index contributed by atoms with van der Waals surface area (Å²) in [5.74, 6) is -0.238. The van der Waals surface area contributed by atoms with Crippen molar-refractivity contribution in [2.45, 2.75) is 45.9 Å². The van der Waals surface area contributed by atoms with Crippen LogP contribution in [0.1, 0.15) is 45.5 Å². The van der Waals surface area contributed by atoms with Gasteiger partial charge in [0, 0.05) is 17.5 Å². The minimum absolute atomic E-state index is 0.193. The van der Waals surface area contributed by atoms with Gasteiger partial charge in [0.15, 0.2) is 0 Å². The minimum atomic E-state index is -0.620. The van der Waals surface area contributed by atoms with Crippen molar-refractivity contribution in [1.29, 1.82) is 0 Å². The summed E-state index contributed by atoms with van der Waals surface area (Å²) < 4.78 is 6.02. The number of piperidine rings is 1. The highest BCUT2D eigenvalue weighted by Gasteiger charge is 2.40. The van der Waals surface area contributed by atoms with Gasteiger partial charge in [0.1, 0.15) is 18.4 Å². The van der Waals surface area contributed by atoms with E-state index in [1.807, 2.05) is 12.1 Å². The number of amides is 3. The lowest BCUT2D eigenvalue weighted by Crippen LogP contribution is -2.52. The Balaban J connectivity index is 1.53. The van der Waals surface area contributed by atoms with Gasteiger partial charge < -0.3 is 9.64 Å². The molecule has 2 aliphatic heterocycles. The molecule has 28 heavy (non-hydrogen) atoms. The van der Waals surface area contributed by atoms with Crippen molar-refractivity contribution in [3.8, 4) is 5.75 Å². The van der Waals surface area contributed by atoms with Crippen LogP contribution in [0.15, 0.2) is 36.4 Å². The molecule has 0 aromatic heterocycles. The first kappa shape index (κ1) is 18.2. The number of carbonyl (C=O) groups excluding carboxylic acids is 3. The fraction of sp³-hybridized carbons (Fsp3) is 0.318. The monoisotopic (exact) mass is 378 g/mol. The Labute approximate surface area is 163 Å². The van der Waals surface area contributed by atoms with E-state index in [2.05, 4.69) is 31.3 Å². The van der Waals surface area contributed by atoms with Gasteiger partial charge in [0.25, 0.3) is 5.91 Å². The summed E-state index contributed by atoms with van der Waals surface area (Å²) in [4.78, 5) is 38.0. The van der Waals surface area contributed by atoms with Crippen molar-refractivity contribution < 1.29 is 19.1 Å². The Hall–Kier alpha value is -3.15. The number of ether oxygens (including phenoxy) is 1. The van der Waals surface area contributed by atoms with E-state index in [4.69, 9.17) is 4.74 Å². The van der Waals surface area contributed by atoms with Crippen LogP contribution in [-0.4, -0.2) is 28.7 Å². The molecule has 1 atom stereocenters. The molecule has 1 N–H and O–H groups in total. The molecule has 0 saturated carbocycles. The van der Waals surface area contributed by atoms with Gasteiger partial charge in [-0.2, -0.15) is 0 Å². The lowest BCUT2D eigenvalue weighted by atomic mass is 10.0. The van der Waals surface area contributed by atoms with Crippen LogP contribution >= 0.6 is 0 Å². The number of nitrogens with zero attached hydrogens (tertiary/aromatic N) is 1. The van der Waals surface area contributed by atoms with Gasteiger partial charge in [-0.15, -0.1) is 0 Å². The molecule has 0 aliphatic carbocycles. The zero-order valence-corrected chi connectivity index (χ0v) is 16.0. The van der Waals surface area contributed by atoms with E-state index in [-0.39, 0.29) is 18.2 Å². The summed E-state index contributed by atoms with van der Waals surface area (Å²) in [6.45, 7) is 4.85. The van der Waals surface area contributed by atoms with Gasteiger partial charge >= 0.3 is 0 Å². The van der Waals surface area contributed by atoms with E-state index >= 15 is 0 Å². The Bertz CT molecular complexity index is 982. The number of carbonyl (C=O) groups is 3. The van der Waals surface area contributed by atoms with Crippen LogP contribution in [0.3, 0.4) is 0 Å². The summed E-state index contributed by atoms with van der Waals surface area (Å²) in [7, 11) is 0. The van der Waals surface area contributed by atoms with E-state index in [1.54, 1.807) is 12.1 Å². The van der Waals surface area contributed by atoms with Crippen LogP contribution in [-0.2, 0) is 22.7 Å². The number of aryl methyl sites for hydroxylation is 2. The normalized spacial score (nSPS) is 18.9. The van der Waals surface area contributed by atoms with Crippen molar-refractivity contribution in [3.63, 3.8) is 0 Å². The zero-order valence-electron chi connectivity index (χ0n) is 16.0. The molecule has 2 aromatic rings. The van der Waals surface area contributed by atoms with Gasteiger partial charge in [-0.3, -0.25) is 19.7 Å². The summed E-state index contributed by atoms with van der Waals surface area (Å²) in [6, 6.07) is 11.0. The maximum atomic E-state index is 12.8. The molecule has 1 fully saturated rings. The Morgan fingerprint density at radius 2 is 1.93 bits per heavy atom. The molecule has 6 nitrogen and oxygen atoms in total. The standard InChI is InChI=1S/C22H22N2O4/c1-13-6-7-15(10-14(13)2)12-28-19-5-3-4-16-17(19)11-24(22(16)27)18-8-9-20(25)23-21(18)26/h3-7,10,18H,8-9,11-12H2,1-2H3,(H,23,25,26). The largest absolute Gasteiger partial charge is 0.489 e. The summed E-state index contributed by atoms with van der Waals surface area (Å²) in [5, 5.41) is 2.32. The molecule has 1 unspecified atom stereocenters. The maximum Gasteiger partial charge on any atom is 0.255 e. The van der Waals surface area contributed by atoms with Crippen molar-refractivity contribution in [3.05, 3.63) is 64.2 Å². The van der Waals surface area contributed by atoms with E-state index < -0.39 is 11.9 Å². The van der Waals surface area contributed by atoms with E-state index in [0.29, 0.717) is 30.9 Å². The third kappa shape index (κ3) is 3.26. The molecule has 144 valence electrons. The van der Waals surface area contributed by atoms with Gasteiger partial charge in [-0.05, 0) is 49.1 Å². The number of fused-ring (bicyclic) bond motifs is 1. The van der Waals surface area contributed by atoms with Crippen LogP contribution in [0.25, 0.3) is 0 Å². The molecule has 2 heterocycles. The maximum absolute atomic E-state index is 12.8. The second-order valence-electron chi connectivity index (χ2n) is 7.39. The number of imide groups is 1. The fourth-order valence-corrected chi connectivity index (χ4v) is 3.75. The molecule has 6 heteroatoms. The first-order valence-electron chi connectivity index (χ1n) is 9.39. The van der Waals surface area contributed by atoms with Gasteiger partial charge in [-0.25, -0.2) is 0 Å². The second-order valence-corrected chi connectivity index (χ2v) is 7.39. The average molecular weight is 378 g/mol. The lowest BCUT2D eigenvalue weighted by molar-refractivity contribution is -0.136. The molecular formula is C22H22N2O4. The van der Waals surface area contributed by atoms with Crippen LogP contribution in [0, 0.1) is 13.8 Å². The smallest absolute Gasteiger partial charge is 0.255 e. The third-order valence-corrected chi connectivity index (χ3v) is 5.50. The van der Waals surface area contributed by atoms with E-state index in [0.717, 1.165) is 11.1 Å². The van der Waals surface area contributed by atoms with Crippen LogP contribution in [0.2, 0.25) is 0 Å². The molecule has 1 saturated heterocycles. The highest BCUT2D eigenvalue weighted by atomic mass is 16.5. The number of benzene rings is 2. The average Bonchev–Trinajstić information content (AvgIpc) is 3.00. The molecule has 0 spiro atoms. The van der Waals surface area contributed by atoms with E-state index in [1.165, 1.54) is 16.0 Å². The first-order chi connectivity index (χ1) is 13.4. The lowest BCUT2D eigenvalue weighted by Gasteiger charge is -2.29. The molecule has 0 bridgehead atoms. The molecule has 3 amide bonds. The fourth-order valence-electron chi connectivity index (χ4n) is 3.75. The van der Waals surface area contributed by atoms with Gasteiger partial charge in [0.05, 0.1) is 6.54 Å². The van der Waals surface area contributed by atoms with Crippen LogP contribution in [0.4, 0.5) is 0 Å². The predicted octanol–water partition coefficient (Wildman–Crippen LogP) is 2.64. The summed E-state index contributed by atoms with van der Waals surface area (Å²) >= 11 is 0. The predicted molar refractivity (Wildman–Crippen MR) is 103 cm³/mol. The zero-order chi connectivity index (χ0) is 19.8. The van der Waals surface area contributed by atoms with Crippen molar-refractivity contribution >= 4 is 17.7 Å². The Morgan fingerprint density at radius 3 is 2.68 bits per heavy atom. The van der Waals surface area contributed by atoms with Crippen LogP contribution in [0.5, 0.6) is 5.75 Å². The SMILES string of the molecule is Cc1ccc(COc2cccc3c2CN(C2CCC(=O)NC2=O)C3=O)cc1C. The highest BCUT2D eigenvalue weighted by Crippen LogP contribution is 2.34. The van der Waals surface area contributed by atoms with Crippen molar-refractivity contribution in [2.24, 2.45) is 0 Å². The van der Waals surface area contributed by atoms with Crippen LogP contribution < -0.4 is 10.1 Å². The van der Waals surface area contributed by atoms with Crippen molar-refractivity contribution in [2.75, 3.05) is 0 Å². The Morgan fingerprint density at radius 1 is 1.11 bits per heavy atom. The minimum Gasteiger partial charge on any atom is -0.489 e. The molecule has 2 aromatic carbocycles. The first-order valence-corrected chi connectivity index (χ1v) is 9.39. The van der Waals surface area contributed by atoms with E-state index in [9.17, 15) is 14.4 Å². The summed E-state index contributed by atoms with van der Waals surface area (Å²) in [5.41, 5.74) is 4.85. The molecule has 4 rings (SSSR count). The summed E-state index contributed by atoms with van der Waals surface area (Å²) in [6.07, 6.45) is 0.593. The number of rotatable bonds is 4. The van der Waals surface area contributed by atoms with Crippen molar-refractivity contribution in [1.82, 2.24) is 10.2 Å². The molecule has 2 aliphatic rings. The Kier molecular flexibility index (Phi) is 4.63. The third-order valence-electron chi connectivity index (χ3n) is 5.50. The van der Waals surface area contributed by atoms with Gasteiger partial charge in [-0.1, -0.05) is 24.3 Å². The topological polar surface area (TPSA) is 75.7 Å². The number of hydrogen-bond acceptors (Lipinski definition) is 4. The number of nitrogens with one attached hydrogen (secondary N) is 1. The highest BCUT2D eigenvalue weighted by molar-refractivity contribution is 6.05.